The molecule has 0 unspecified atom stereocenters. The van der Waals surface area contributed by atoms with Crippen LogP contribution in [0.25, 0.3) is 0 Å². The molecule has 0 fully saturated rings. The highest BCUT2D eigenvalue weighted by Gasteiger charge is 1.93. The van der Waals surface area contributed by atoms with Crippen LogP contribution in [0.1, 0.15) is 0 Å². The Morgan fingerprint density at radius 2 is 0.846 bits per heavy atom. The number of hydrogen-bond donors (Lipinski definition) is 2. The topological polar surface area (TPSA) is 57.5 Å². The number of hydrogen-bond acceptors (Lipinski definition) is 1. The molecule has 0 radical (unpaired) electrons. The molecule has 0 bridgehead atoms. The lowest BCUT2D eigenvalue weighted by molar-refractivity contribution is 0.405. The Morgan fingerprint density at radius 3 is 0.846 bits per heavy atom. The van der Waals surface area contributed by atoms with Crippen molar-refractivity contribution in [1.29, 1.82) is 0 Å². The molecule has 0 saturated carbocycles. The van der Waals surface area contributed by atoms with E-state index in [4.69, 9.17) is 14.4 Å². The van der Waals surface area contributed by atoms with Crippen molar-refractivity contribution in [3.8, 4) is 0 Å². The first-order chi connectivity index (χ1) is 5.20. The molecule has 0 rings (SSSR count). The van der Waals surface area contributed by atoms with Crippen molar-refractivity contribution in [2.45, 2.75) is 0 Å². The van der Waals surface area contributed by atoms with Crippen LogP contribution < -0.4 is 0 Å². The SMILES string of the molecule is CP(C)C.CP(C)C.Cl.O=[P+](O)O. The molecule has 0 amide bonds. The minimum atomic E-state index is -2.87. The Labute approximate surface area is 91.2 Å². The predicted molar refractivity (Wildman–Crippen MR) is 68.7 cm³/mol. The lowest BCUT2D eigenvalue weighted by Gasteiger charge is -1.81. The van der Waals surface area contributed by atoms with E-state index < -0.39 is 8.25 Å². The van der Waals surface area contributed by atoms with Crippen LogP contribution in [0.5, 0.6) is 0 Å². The highest BCUT2D eigenvalue weighted by atomic mass is 35.5. The van der Waals surface area contributed by atoms with E-state index in [9.17, 15) is 0 Å². The van der Waals surface area contributed by atoms with Gasteiger partial charge in [-0.3, -0.25) is 0 Å². The maximum absolute atomic E-state index is 8.70. The molecule has 0 atom stereocenters. The van der Waals surface area contributed by atoms with E-state index in [1.165, 1.54) is 0 Å². The third-order valence-corrected chi connectivity index (χ3v) is 0. The van der Waals surface area contributed by atoms with Gasteiger partial charge in [0.05, 0.1) is 0 Å². The molecule has 0 saturated heterocycles. The van der Waals surface area contributed by atoms with Crippen molar-refractivity contribution in [2.24, 2.45) is 0 Å². The summed E-state index contributed by atoms with van der Waals surface area (Å²) in [4.78, 5) is 14.2. The summed E-state index contributed by atoms with van der Waals surface area (Å²) in [5.74, 6) is 0. The normalized spacial score (nSPS) is 7.54. The highest BCUT2D eigenvalue weighted by Crippen LogP contribution is 2.15. The Morgan fingerprint density at radius 1 is 0.846 bits per heavy atom. The van der Waals surface area contributed by atoms with Crippen LogP contribution in [0.15, 0.2) is 0 Å². The molecule has 84 valence electrons. The molecule has 0 aromatic heterocycles. The summed E-state index contributed by atoms with van der Waals surface area (Å²) in [6, 6.07) is 0. The second-order valence-corrected chi connectivity index (χ2v) is 8.81. The Bertz CT molecular complexity index is 85.6. The fourth-order valence-corrected chi connectivity index (χ4v) is 0. The van der Waals surface area contributed by atoms with Gasteiger partial charge in [0.1, 0.15) is 0 Å². The van der Waals surface area contributed by atoms with Crippen LogP contribution in [0, 0.1) is 0 Å². The van der Waals surface area contributed by atoms with Gasteiger partial charge in [-0.2, -0.15) is 0 Å². The summed E-state index contributed by atoms with van der Waals surface area (Å²) >= 11 is 0. The summed E-state index contributed by atoms with van der Waals surface area (Å²) < 4.78 is 8.70. The third kappa shape index (κ3) is 1200. The van der Waals surface area contributed by atoms with Crippen molar-refractivity contribution in [3.05, 3.63) is 0 Å². The second kappa shape index (κ2) is 18.9. The molecule has 0 aromatic rings. The first kappa shape index (κ1) is 23.8. The molecule has 2 N–H and O–H groups in total. The molecular weight excluding hydrogens is 248 g/mol. The number of halogens is 1. The largest absolute Gasteiger partial charge is 0.692 e. The summed E-state index contributed by atoms with van der Waals surface area (Å²) in [5, 5.41) is 0. The van der Waals surface area contributed by atoms with Crippen LogP contribution >= 0.6 is 36.5 Å². The third-order valence-electron chi connectivity index (χ3n) is 0. The summed E-state index contributed by atoms with van der Waals surface area (Å²) in [5.41, 5.74) is 0. The Hall–Kier alpha value is 1.17. The lowest BCUT2D eigenvalue weighted by Crippen LogP contribution is -1.48. The summed E-state index contributed by atoms with van der Waals surface area (Å²) in [7, 11) is -2.11. The van der Waals surface area contributed by atoms with Gasteiger partial charge in [0.25, 0.3) is 0 Å². The van der Waals surface area contributed by atoms with E-state index in [1.807, 2.05) is 0 Å². The quantitative estimate of drug-likeness (QED) is 0.665. The average molecular weight is 270 g/mol. The van der Waals surface area contributed by atoms with Gasteiger partial charge in [0.15, 0.2) is 0 Å². The summed E-state index contributed by atoms with van der Waals surface area (Å²) in [6.07, 6.45) is 0. The molecular formula is C6H21ClO3P3+. The van der Waals surface area contributed by atoms with Gasteiger partial charge in [-0.25, -0.2) is 0 Å². The fourth-order valence-electron chi connectivity index (χ4n) is 0. The van der Waals surface area contributed by atoms with Crippen LogP contribution in [0.3, 0.4) is 0 Å². The smallest absolute Gasteiger partial charge is 0.147 e. The second-order valence-electron chi connectivity index (χ2n) is 2.94. The zero-order chi connectivity index (χ0) is 10.7. The van der Waals surface area contributed by atoms with Crippen LogP contribution in [-0.4, -0.2) is 49.8 Å². The maximum atomic E-state index is 8.70. The maximum Gasteiger partial charge on any atom is 0.692 e. The highest BCUT2D eigenvalue weighted by molar-refractivity contribution is 7.55. The van der Waals surface area contributed by atoms with E-state index in [0.717, 1.165) is 0 Å². The van der Waals surface area contributed by atoms with Gasteiger partial charge < -0.3 is 0 Å². The molecule has 13 heavy (non-hydrogen) atoms. The fraction of sp³-hybridized carbons (Fsp3) is 1.00. The van der Waals surface area contributed by atoms with E-state index in [-0.39, 0.29) is 12.4 Å². The Balaban J connectivity index is -0.0000000450. The van der Waals surface area contributed by atoms with Gasteiger partial charge in [0.2, 0.25) is 0 Å². The van der Waals surface area contributed by atoms with Crippen molar-refractivity contribution in [3.63, 3.8) is 0 Å². The van der Waals surface area contributed by atoms with E-state index in [1.54, 1.807) is 0 Å². The van der Waals surface area contributed by atoms with Crippen molar-refractivity contribution < 1.29 is 14.4 Å². The molecule has 0 aliphatic rings. The predicted octanol–water partition coefficient (Wildman–Crippen LogP) is 2.77. The zero-order valence-corrected chi connectivity index (χ0v) is 12.6. The Kier molecular flexibility index (Phi) is 34.5. The monoisotopic (exact) mass is 269 g/mol. The molecule has 0 heterocycles. The van der Waals surface area contributed by atoms with Gasteiger partial charge >= 0.3 is 8.25 Å². The minimum absolute atomic E-state index is 0. The molecule has 7 heteroatoms. The van der Waals surface area contributed by atoms with Crippen molar-refractivity contribution >= 4 is 36.5 Å². The molecule has 0 aliphatic carbocycles. The molecule has 3 nitrogen and oxygen atoms in total. The summed E-state index contributed by atoms with van der Waals surface area (Å²) in [6.45, 7) is 13.4. The lowest BCUT2D eigenvalue weighted by atomic mass is 11.9. The molecule has 0 aliphatic heterocycles. The van der Waals surface area contributed by atoms with E-state index in [2.05, 4.69) is 40.0 Å². The van der Waals surface area contributed by atoms with Crippen LogP contribution in [-0.2, 0) is 4.57 Å². The first-order valence-electron chi connectivity index (χ1n) is 3.27. The minimum Gasteiger partial charge on any atom is -0.147 e. The number of rotatable bonds is 0. The first-order valence-corrected chi connectivity index (χ1v) is 9.80. The van der Waals surface area contributed by atoms with Gasteiger partial charge in [-0.1, -0.05) is 0 Å². The van der Waals surface area contributed by atoms with Gasteiger partial charge in [-0.15, -0.1) is 38.0 Å². The van der Waals surface area contributed by atoms with Crippen molar-refractivity contribution in [2.75, 3.05) is 40.0 Å². The van der Waals surface area contributed by atoms with Crippen LogP contribution in [0.4, 0.5) is 0 Å². The standard InChI is InChI=1S/2C3H9P.ClH.HO3P/c2*1-4(2)3;;1-4(2)3/h2*1-3H3;1H;(H-,1,2,3)/p+1. The van der Waals surface area contributed by atoms with E-state index >= 15 is 0 Å². The van der Waals surface area contributed by atoms with Crippen molar-refractivity contribution in [1.82, 2.24) is 0 Å². The van der Waals surface area contributed by atoms with E-state index in [0.29, 0.717) is 15.8 Å². The average Bonchev–Trinajstić information content (AvgIpc) is 1.54. The van der Waals surface area contributed by atoms with Crippen LogP contribution in [0.2, 0.25) is 0 Å². The molecule has 0 spiro atoms. The zero-order valence-electron chi connectivity index (χ0n) is 9.05. The molecule has 0 aromatic carbocycles. The van der Waals surface area contributed by atoms with Gasteiger partial charge in [0, 0.05) is 4.57 Å². The van der Waals surface area contributed by atoms with Gasteiger partial charge in [-0.05, 0) is 40.0 Å².